The van der Waals surface area contributed by atoms with E-state index in [2.05, 4.69) is 30.2 Å². The van der Waals surface area contributed by atoms with Gasteiger partial charge in [0.15, 0.2) is 0 Å². The summed E-state index contributed by atoms with van der Waals surface area (Å²) >= 11 is 0. The Hall–Kier alpha value is -0.930. The summed E-state index contributed by atoms with van der Waals surface area (Å²) in [6, 6.07) is 4.70. The van der Waals surface area contributed by atoms with Crippen LogP contribution in [0.4, 0.5) is 0 Å². The van der Waals surface area contributed by atoms with Crippen LogP contribution in [0.15, 0.2) is 24.5 Å². The minimum Gasteiger partial charge on any atom is -0.383 e. The number of methoxy groups -OCH3 is 1. The number of rotatable bonds is 5. The molecule has 78 valence electrons. The molecule has 0 aliphatic rings. The summed E-state index contributed by atoms with van der Waals surface area (Å²) in [5.41, 5.74) is 1.20. The lowest BCUT2D eigenvalue weighted by Gasteiger charge is -2.19. The van der Waals surface area contributed by atoms with Crippen LogP contribution in [0, 0.1) is 0 Å². The minimum atomic E-state index is 0.314. The van der Waals surface area contributed by atoms with E-state index in [4.69, 9.17) is 4.74 Å². The zero-order valence-electron chi connectivity index (χ0n) is 9.03. The molecule has 1 rings (SSSR count). The number of hydrogen-bond donors (Lipinski definition) is 1. The summed E-state index contributed by atoms with van der Waals surface area (Å²) in [6.07, 6.45) is 3.67. The van der Waals surface area contributed by atoms with Crippen molar-refractivity contribution >= 4 is 0 Å². The SMILES string of the molecule is COCC(C)N[C@@H](C)c1cccnc1. The van der Waals surface area contributed by atoms with Crippen LogP contribution >= 0.6 is 0 Å². The van der Waals surface area contributed by atoms with Gasteiger partial charge in [0, 0.05) is 31.6 Å². The molecular weight excluding hydrogens is 176 g/mol. The first-order valence-electron chi connectivity index (χ1n) is 4.89. The van der Waals surface area contributed by atoms with Crippen molar-refractivity contribution in [3.63, 3.8) is 0 Å². The van der Waals surface area contributed by atoms with E-state index in [1.54, 1.807) is 13.3 Å². The van der Waals surface area contributed by atoms with Gasteiger partial charge in [-0.05, 0) is 25.5 Å². The molecule has 0 fully saturated rings. The number of nitrogens with one attached hydrogen (secondary N) is 1. The Morgan fingerprint density at radius 1 is 1.50 bits per heavy atom. The number of ether oxygens (including phenoxy) is 1. The van der Waals surface area contributed by atoms with Crippen molar-refractivity contribution < 1.29 is 4.74 Å². The van der Waals surface area contributed by atoms with Crippen molar-refractivity contribution in [1.82, 2.24) is 10.3 Å². The van der Waals surface area contributed by atoms with E-state index in [1.807, 2.05) is 12.3 Å². The molecule has 3 nitrogen and oxygen atoms in total. The maximum atomic E-state index is 5.06. The fraction of sp³-hybridized carbons (Fsp3) is 0.545. The molecule has 0 radical (unpaired) electrons. The molecule has 0 aliphatic heterocycles. The lowest BCUT2D eigenvalue weighted by molar-refractivity contribution is 0.167. The summed E-state index contributed by atoms with van der Waals surface area (Å²) in [5, 5.41) is 3.43. The van der Waals surface area contributed by atoms with Crippen LogP contribution in [0.1, 0.15) is 25.5 Å². The molecule has 0 saturated heterocycles. The highest BCUT2D eigenvalue weighted by molar-refractivity contribution is 5.12. The van der Waals surface area contributed by atoms with Gasteiger partial charge in [-0.1, -0.05) is 6.07 Å². The monoisotopic (exact) mass is 194 g/mol. The lowest BCUT2D eigenvalue weighted by Crippen LogP contribution is -2.32. The Labute approximate surface area is 85.5 Å². The second-order valence-corrected chi connectivity index (χ2v) is 3.53. The topological polar surface area (TPSA) is 34.1 Å². The molecule has 1 N–H and O–H groups in total. The van der Waals surface area contributed by atoms with Gasteiger partial charge in [0.2, 0.25) is 0 Å². The van der Waals surface area contributed by atoms with Crippen LogP contribution < -0.4 is 5.32 Å². The maximum absolute atomic E-state index is 5.06. The standard InChI is InChI=1S/C11H18N2O/c1-9(8-14-3)13-10(2)11-5-4-6-12-7-11/h4-7,9-10,13H,8H2,1-3H3/t9?,10-/m0/s1. The summed E-state index contributed by atoms with van der Waals surface area (Å²) in [6.45, 7) is 4.96. The summed E-state index contributed by atoms with van der Waals surface area (Å²) < 4.78 is 5.06. The largest absolute Gasteiger partial charge is 0.383 e. The molecule has 14 heavy (non-hydrogen) atoms. The molecule has 1 aromatic heterocycles. The molecule has 0 saturated carbocycles. The third-order valence-corrected chi connectivity index (χ3v) is 2.14. The molecule has 0 aromatic carbocycles. The maximum Gasteiger partial charge on any atom is 0.0613 e. The number of nitrogens with zero attached hydrogens (tertiary/aromatic N) is 1. The van der Waals surface area contributed by atoms with Gasteiger partial charge in [-0.2, -0.15) is 0 Å². The first kappa shape index (κ1) is 11.1. The molecule has 2 atom stereocenters. The van der Waals surface area contributed by atoms with Gasteiger partial charge in [-0.15, -0.1) is 0 Å². The van der Waals surface area contributed by atoms with Gasteiger partial charge < -0.3 is 10.1 Å². The number of aromatic nitrogens is 1. The first-order valence-corrected chi connectivity index (χ1v) is 4.89. The van der Waals surface area contributed by atoms with Crippen LogP contribution in [0.25, 0.3) is 0 Å². The van der Waals surface area contributed by atoms with Crippen LogP contribution in [0.5, 0.6) is 0 Å². The first-order chi connectivity index (χ1) is 6.74. The van der Waals surface area contributed by atoms with Gasteiger partial charge >= 0.3 is 0 Å². The highest BCUT2D eigenvalue weighted by Crippen LogP contribution is 2.10. The molecular formula is C11H18N2O. The third-order valence-electron chi connectivity index (χ3n) is 2.14. The molecule has 3 heteroatoms. The van der Waals surface area contributed by atoms with Gasteiger partial charge in [-0.3, -0.25) is 4.98 Å². The Bertz CT molecular complexity index is 251. The second-order valence-electron chi connectivity index (χ2n) is 3.53. The van der Waals surface area contributed by atoms with Crippen molar-refractivity contribution in [2.45, 2.75) is 25.9 Å². The van der Waals surface area contributed by atoms with Crippen LogP contribution in [0.3, 0.4) is 0 Å². The molecule has 1 unspecified atom stereocenters. The van der Waals surface area contributed by atoms with E-state index >= 15 is 0 Å². The van der Waals surface area contributed by atoms with Crippen molar-refractivity contribution in [1.29, 1.82) is 0 Å². The van der Waals surface area contributed by atoms with E-state index in [9.17, 15) is 0 Å². The van der Waals surface area contributed by atoms with E-state index in [1.165, 1.54) is 5.56 Å². The Balaban J connectivity index is 2.46. The van der Waals surface area contributed by atoms with Crippen LogP contribution in [0.2, 0.25) is 0 Å². The van der Waals surface area contributed by atoms with Crippen molar-refractivity contribution in [3.8, 4) is 0 Å². The van der Waals surface area contributed by atoms with Gasteiger partial charge in [-0.25, -0.2) is 0 Å². The molecule has 1 aromatic rings. The van der Waals surface area contributed by atoms with Crippen molar-refractivity contribution in [2.75, 3.05) is 13.7 Å². The smallest absolute Gasteiger partial charge is 0.0613 e. The number of pyridine rings is 1. The van der Waals surface area contributed by atoms with E-state index in [0.29, 0.717) is 12.1 Å². The fourth-order valence-electron chi connectivity index (χ4n) is 1.45. The Kier molecular flexibility index (Phi) is 4.56. The summed E-state index contributed by atoms with van der Waals surface area (Å²) in [5.74, 6) is 0. The zero-order valence-corrected chi connectivity index (χ0v) is 9.03. The lowest BCUT2D eigenvalue weighted by atomic mass is 10.1. The highest BCUT2D eigenvalue weighted by atomic mass is 16.5. The number of hydrogen-bond acceptors (Lipinski definition) is 3. The van der Waals surface area contributed by atoms with E-state index < -0.39 is 0 Å². The van der Waals surface area contributed by atoms with Crippen LogP contribution in [-0.2, 0) is 4.74 Å². The third kappa shape index (κ3) is 3.44. The molecule has 0 amide bonds. The molecule has 1 heterocycles. The van der Waals surface area contributed by atoms with Gasteiger partial charge in [0.1, 0.15) is 0 Å². The average Bonchev–Trinajstić information content (AvgIpc) is 2.19. The predicted octanol–water partition coefficient (Wildman–Crippen LogP) is 1.77. The van der Waals surface area contributed by atoms with Crippen LogP contribution in [-0.4, -0.2) is 24.7 Å². The Morgan fingerprint density at radius 3 is 2.86 bits per heavy atom. The zero-order chi connectivity index (χ0) is 10.4. The minimum absolute atomic E-state index is 0.314. The van der Waals surface area contributed by atoms with Crippen molar-refractivity contribution in [2.24, 2.45) is 0 Å². The highest BCUT2D eigenvalue weighted by Gasteiger charge is 2.08. The quantitative estimate of drug-likeness (QED) is 0.775. The summed E-state index contributed by atoms with van der Waals surface area (Å²) in [4.78, 5) is 4.09. The van der Waals surface area contributed by atoms with E-state index in [-0.39, 0.29) is 0 Å². The molecule has 0 spiro atoms. The second kappa shape index (κ2) is 5.73. The average molecular weight is 194 g/mol. The molecule has 0 bridgehead atoms. The van der Waals surface area contributed by atoms with Gasteiger partial charge in [0.05, 0.1) is 6.61 Å². The predicted molar refractivity (Wildman–Crippen MR) is 57.1 cm³/mol. The normalized spacial score (nSPS) is 15.1. The van der Waals surface area contributed by atoms with Crippen molar-refractivity contribution in [3.05, 3.63) is 30.1 Å². The summed E-state index contributed by atoms with van der Waals surface area (Å²) in [7, 11) is 1.72. The van der Waals surface area contributed by atoms with Gasteiger partial charge in [0.25, 0.3) is 0 Å². The fourth-order valence-corrected chi connectivity index (χ4v) is 1.45. The Morgan fingerprint density at radius 2 is 2.29 bits per heavy atom. The molecule has 0 aliphatic carbocycles. The van der Waals surface area contributed by atoms with E-state index in [0.717, 1.165) is 6.61 Å².